The number of nitrogens with zero attached hydrogens (tertiary/aromatic N) is 2. The Morgan fingerprint density at radius 1 is 1.07 bits per heavy atom. The molecule has 238 valence electrons. The first-order valence-electron chi connectivity index (χ1n) is 15.5. The Morgan fingerprint density at radius 2 is 1.87 bits per heavy atom. The van der Waals surface area contributed by atoms with E-state index in [9.17, 15) is 18.7 Å². The van der Waals surface area contributed by atoms with Crippen LogP contribution >= 0.6 is 0 Å². The van der Waals surface area contributed by atoms with Gasteiger partial charge in [-0.05, 0) is 60.2 Å². The third-order valence-corrected chi connectivity index (χ3v) is 7.97. The molecule has 5 rings (SSSR count). The molecule has 1 aliphatic heterocycles. The van der Waals surface area contributed by atoms with Crippen molar-refractivity contribution in [3.05, 3.63) is 101 Å². The molecule has 0 unspecified atom stereocenters. The summed E-state index contributed by atoms with van der Waals surface area (Å²) in [5, 5.41) is 17.5. The van der Waals surface area contributed by atoms with Crippen molar-refractivity contribution in [3.63, 3.8) is 0 Å². The first kappa shape index (κ1) is 32.1. The number of nitrogens with one attached hydrogen (secondary N) is 2. The fourth-order valence-electron chi connectivity index (χ4n) is 5.59. The van der Waals surface area contributed by atoms with Crippen LogP contribution in [-0.4, -0.2) is 54.4 Å². The number of hydrogen-bond donors (Lipinski definition) is 3. The summed E-state index contributed by atoms with van der Waals surface area (Å²) in [6.45, 7) is 6.82. The molecule has 1 aliphatic rings. The van der Waals surface area contributed by atoms with Crippen molar-refractivity contribution in [1.82, 2.24) is 15.6 Å². The molecule has 8 nitrogen and oxygen atoms in total. The topological polar surface area (TPSA) is 99.9 Å². The lowest BCUT2D eigenvalue weighted by atomic mass is 9.99. The van der Waals surface area contributed by atoms with Gasteiger partial charge in [-0.1, -0.05) is 44.5 Å². The molecule has 0 spiro atoms. The monoisotopic (exact) mass is 618 g/mol. The molecule has 3 aromatic carbocycles. The number of hydrogen-bond acceptors (Lipinski definition) is 7. The van der Waals surface area contributed by atoms with E-state index in [0.717, 1.165) is 43.1 Å². The zero-order chi connectivity index (χ0) is 31.8. The van der Waals surface area contributed by atoms with Gasteiger partial charge in [0, 0.05) is 31.3 Å². The second kappa shape index (κ2) is 15.1. The number of rotatable bonds is 14. The lowest BCUT2D eigenvalue weighted by Gasteiger charge is -2.33. The van der Waals surface area contributed by atoms with E-state index >= 15 is 0 Å². The number of oxazole rings is 1. The van der Waals surface area contributed by atoms with Crippen LogP contribution in [-0.2, 0) is 19.4 Å². The van der Waals surface area contributed by atoms with Crippen LogP contribution in [0, 0.1) is 11.6 Å². The van der Waals surface area contributed by atoms with Gasteiger partial charge in [0.05, 0.1) is 36.1 Å². The third kappa shape index (κ3) is 8.26. The van der Waals surface area contributed by atoms with Crippen molar-refractivity contribution in [2.45, 2.75) is 58.2 Å². The predicted octanol–water partition coefficient (Wildman–Crippen LogP) is 5.67. The van der Waals surface area contributed by atoms with Crippen LogP contribution in [0.4, 0.5) is 14.5 Å². The Balaban J connectivity index is 1.40. The number of amides is 1. The minimum absolute atomic E-state index is 0.0118. The number of benzene rings is 3. The highest BCUT2D eigenvalue weighted by atomic mass is 19.1. The number of aliphatic hydroxyl groups excluding tert-OH is 1. The molecule has 45 heavy (non-hydrogen) atoms. The molecule has 1 amide bonds. The zero-order valence-electron chi connectivity index (χ0n) is 25.7. The molecule has 0 saturated heterocycles. The quantitative estimate of drug-likeness (QED) is 0.167. The van der Waals surface area contributed by atoms with Gasteiger partial charge in [0.1, 0.15) is 24.5 Å². The first-order chi connectivity index (χ1) is 21.8. The van der Waals surface area contributed by atoms with Gasteiger partial charge >= 0.3 is 0 Å². The third-order valence-electron chi connectivity index (χ3n) is 7.97. The van der Waals surface area contributed by atoms with E-state index < -0.39 is 29.7 Å². The molecule has 0 saturated carbocycles. The first-order valence-corrected chi connectivity index (χ1v) is 15.5. The normalized spacial score (nSPS) is 14.0. The minimum Gasteiger partial charge on any atom is -0.489 e. The SMILES string of the molecule is CCCCN1CCOc2c(-c3ncco3)cc(C(=O)N[C@@H](Cc3cc(F)cc(F)c3)[C@@H](O)CNCc3cccc(CC)c3)cc21. The van der Waals surface area contributed by atoms with Crippen molar-refractivity contribution in [2.24, 2.45) is 0 Å². The molecule has 10 heteroatoms. The Hall–Kier alpha value is -4.28. The summed E-state index contributed by atoms with van der Waals surface area (Å²) in [6.07, 6.45) is 4.83. The van der Waals surface area contributed by atoms with E-state index in [0.29, 0.717) is 48.0 Å². The number of carbonyl (C=O) groups is 1. The Labute approximate surface area is 262 Å². The van der Waals surface area contributed by atoms with Crippen LogP contribution in [0.5, 0.6) is 5.75 Å². The van der Waals surface area contributed by atoms with E-state index in [1.54, 1.807) is 12.1 Å². The molecule has 0 bridgehead atoms. The molecule has 1 aromatic heterocycles. The molecular formula is C35H40F2N4O4. The second-order valence-corrected chi connectivity index (χ2v) is 11.3. The summed E-state index contributed by atoms with van der Waals surface area (Å²) in [7, 11) is 0. The number of halogens is 2. The number of unbranched alkanes of at least 4 members (excludes halogenated alkanes) is 1. The summed E-state index contributed by atoms with van der Waals surface area (Å²) in [5.74, 6) is -0.990. The number of carbonyl (C=O) groups excluding carboxylic acids is 1. The van der Waals surface area contributed by atoms with Crippen molar-refractivity contribution in [2.75, 3.05) is 31.1 Å². The van der Waals surface area contributed by atoms with Gasteiger partial charge < -0.3 is 29.8 Å². The van der Waals surface area contributed by atoms with E-state index in [1.165, 1.54) is 30.2 Å². The molecule has 0 radical (unpaired) electrons. The van der Waals surface area contributed by atoms with Crippen LogP contribution in [0.2, 0.25) is 0 Å². The predicted molar refractivity (Wildman–Crippen MR) is 169 cm³/mol. The molecule has 2 atom stereocenters. The van der Waals surface area contributed by atoms with Crippen LogP contribution in [0.15, 0.2) is 71.5 Å². The lowest BCUT2D eigenvalue weighted by Crippen LogP contribution is -2.48. The van der Waals surface area contributed by atoms with Gasteiger partial charge in [-0.15, -0.1) is 0 Å². The summed E-state index contributed by atoms with van der Waals surface area (Å²) < 4.78 is 39.8. The molecule has 3 N–H and O–H groups in total. The highest BCUT2D eigenvalue weighted by molar-refractivity contribution is 5.98. The number of fused-ring (bicyclic) bond motifs is 1. The molecule has 0 fully saturated rings. The summed E-state index contributed by atoms with van der Waals surface area (Å²) in [4.78, 5) is 20.4. The van der Waals surface area contributed by atoms with E-state index in [-0.39, 0.29) is 13.0 Å². The Morgan fingerprint density at radius 3 is 2.60 bits per heavy atom. The molecular weight excluding hydrogens is 578 g/mol. The van der Waals surface area contributed by atoms with Crippen molar-refractivity contribution in [1.29, 1.82) is 0 Å². The van der Waals surface area contributed by atoms with Crippen LogP contribution in [0.3, 0.4) is 0 Å². The zero-order valence-corrected chi connectivity index (χ0v) is 25.7. The van der Waals surface area contributed by atoms with Crippen LogP contribution in [0.25, 0.3) is 11.5 Å². The van der Waals surface area contributed by atoms with E-state index in [4.69, 9.17) is 9.15 Å². The number of aromatic nitrogens is 1. The fourth-order valence-corrected chi connectivity index (χ4v) is 5.59. The highest BCUT2D eigenvalue weighted by Gasteiger charge is 2.28. The molecule has 0 aliphatic carbocycles. The Bertz CT molecular complexity index is 1560. The number of ether oxygens (including phenoxy) is 1. The average molecular weight is 619 g/mol. The van der Waals surface area contributed by atoms with Crippen LogP contribution in [0.1, 0.15) is 53.7 Å². The maximum Gasteiger partial charge on any atom is 0.251 e. The van der Waals surface area contributed by atoms with Gasteiger partial charge in [0.2, 0.25) is 5.89 Å². The number of aliphatic hydroxyl groups is 1. The van der Waals surface area contributed by atoms with Crippen molar-refractivity contribution >= 4 is 11.6 Å². The summed E-state index contributed by atoms with van der Waals surface area (Å²) in [5.41, 5.74) is 4.22. The second-order valence-electron chi connectivity index (χ2n) is 11.3. The molecule has 2 heterocycles. The van der Waals surface area contributed by atoms with Crippen molar-refractivity contribution in [3.8, 4) is 17.2 Å². The number of aryl methyl sites for hydroxylation is 1. The lowest BCUT2D eigenvalue weighted by molar-refractivity contribution is 0.0830. The van der Waals surface area contributed by atoms with Gasteiger partial charge in [0.25, 0.3) is 5.91 Å². The fraction of sp³-hybridized carbons (Fsp3) is 0.371. The van der Waals surface area contributed by atoms with E-state index in [2.05, 4.69) is 46.5 Å². The highest BCUT2D eigenvalue weighted by Crippen LogP contribution is 2.41. The largest absolute Gasteiger partial charge is 0.489 e. The van der Waals surface area contributed by atoms with Gasteiger partial charge in [0.15, 0.2) is 5.75 Å². The Kier molecular flexibility index (Phi) is 10.8. The summed E-state index contributed by atoms with van der Waals surface area (Å²) in [6, 6.07) is 13.9. The summed E-state index contributed by atoms with van der Waals surface area (Å²) >= 11 is 0. The van der Waals surface area contributed by atoms with E-state index in [1.807, 2.05) is 12.1 Å². The van der Waals surface area contributed by atoms with Gasteiger partial charge in [-0.25, -0.2) is 13.8 Å². The van der Waals surface area contributed by atoms with Gasteiger partial charge in [-0.3, -0.25) is 4.79 Å². The van der Waals surface area contributed by atoms with Crippen LogP contribution < -0.4 is 20.3 Å². The van der Waals surface area contributed by atoms with Gasteiger partial charge in [-0.2, -0.15) is 0 Å². The maximum absolute atomic E-state index is 14.1. The smallest absolute Gasteiger partial charge is 0.251 e. The standard InChI is InChI=1S/C35H40F2N4O4/c1-3-5-10-41-11-13-44-33-29(35-39-9-12-45-35)18-26(19-31(33)41)34(43)40-30(17-25-15-27(36)20-28(37)16-25)32(42)22-38-21-24-8-6-7-23(4-2)14-24/h6-9,12,14-16,18-20,30,32,38,42H,3-5,10-11,13,17,21-22H2,1-2H3,(H,40,43)/t30-,32-/m0/s1. The van der Waals surface area contributed by atoms with Crippen molar-refractivity contribution < 1.29 is 27.8 Å². The number of anilines is 1. The average Bonchev–Trinajstić information content (AvgIpc) is 3.57. The minimum atomic E-state index is -1.07. The molecule has 4 aromatic rings. The maximum atomic E-state index is 14.1.